The van der Waals surface area contributed by atoms with Gasteiger partial charge in [-0.15, -0.1) is 0 Å². The maximum absolute atomic E-state index is 11.5. The molecule has 0 atom stereocenters. The first-order chi connectivity index (χ1) is 10.0. The number of carboxylic acids is 1. The Labute approximate surface area is 126 Å². The van der Waals surface area contributed by atoms with Gasteiger partial charge in [-0.25, -0.2) is 0 Å². The van der Waals surface area contributed by atoms with E-state index in [1.54, 1.807) is 0 Å². The van der Waals surface area contributed by atoms with Crippen LogP contribution in [0.15, 0.2) is 4.52 Å². The van der Waals surface area contributed by atoms with Crippen molar-refractivity contribution in [1.82, 2.24) is 15.0 Å². The monoisotopic (exact) mass is 297 g/mol. The van der Waals surface area contributed by atoms with Gasteiger partial charge < -0.3 is 14.5 Å². The van der Waals surface area contributed by atoms with E-state index in [0.29, 0.717) is 31.0 Å². The van der Waals surface area contributed by atoms with E-state index in [-0.39, 0.29) is 0 Å². The number of nitrogens with zero attached hydrogens (tertiary/aromatic N) is 3. The number of carbonyl (C=O) groups is 1. The van der Waals surface area contributed by atoms with Crippen molar-refractivity contribution < 1.29 is 14.4 Å². The molecule has 6 nitrogen and oxygen atoms in total. The molecule has 0 aromatic carbocycles. The number of hydrogen-bond donors (Lipinski definition) is 1. The van der Waals surface area contributed by atoms with Crippen molar-refractivity contribution in [3.05, 3.63) is 11.7 Å². The average Bonchev–Trinajstić information content (AvgIpc) is 2.93. The Morgan fingerprint density at radius 1 is 1.24 bits per heavy atom. The molecule has 0 spiro atoms. The average molecular weight is 297 g/mol. The van der Waals surface area contributed by atoms with Gasteiger partial charge in [-0.1, -0.05) is 32.9 Å². The lowest BCUT2D eigenvalue weighted by Gasteiger charge is -2.24. The molecule has 1 aromatic heterocycles. The molecule has 0 unspecified atom stereocenters. The minimum Gasteiger partial charge on any atom is -0.481 e. The van der Waals surface area contributed by atoms with Crippen LogP contribution in [0.4, 0.5) is 0 Å². The fraction of sp³-hybridized carbons (Fsp3) is 0.800. The molecule has 0 aliphatic carbocycles. The Morgan fingerprint density at radius 2 is 1.86 bits per heavy atom. The summed E-state index contributed by atoms with van der Waals surface area (Å²) in [4.78, 5) is 18.1. The Bertz CT molecular complexity index is 437. The Hall–Kier alpha value is -1.43. The number of hydrogen-bond acceptors (Lipinski definition) is 5. The van der Waals surface area contributed by atoms with Crippen LogP contribution in [0.1, 0.15) is 52.3 Å². The van der Waals surface area contributed by atoms with Crippen molar-refractivity contribution in [2.24, 2.45) is 5.41 Å². The topological polar surface area (TPSA) is 79.5 Å². The van der Waals surface area contributed by atoms with Crippen LogP contribution in [0.5, 0.6) is 0 Å². The number of carboxylic acid groups (broad SMARTS) is 1. The van der Waals surface area contributed by atoms with Crippen LogP contribution in [0.25, 0.3) is 0 Å². The molecule has 0 fully saturated rings. The van der Waals surface area contributed by atoms with E-state index >= 15 is 0 Å². The molecule has 6 heteroatoms. The zero-order chi connectivity index (χ0) is 15.9. The SMILES string of the molecule is CCN(CC)CCc1noc(CC(CC)(CC)C(=O)O)n1. The standard InChI is InChI=1S/C15H27N3O3/c1-5-15(6-2,14(19)20)11-13-16-12(17-21-13)9-10-18(7-3)8-4/h5-11H2,1-4H3,(H,19,20). The summed E-state index contributed by atoms with van der Waals surface area (Å²) >= 11 is 0. The number of aliphatic carboxylic acids is 1. The quantitative estimate of drug-likeness (QED) is 0.714. The first-order valence-electron chi connectivity index (χ1n) is 7.78. The van der Waals surface area contributed by atoms with E-state index in [1.165, 1.54) is 0 Å². The van der Waals surface area contributed by atoms with E-state index in [4.69, 9.17) is 4.52 Å². The molecule has 0 saturated carbocycles. The lowest BCUT2D eigenvalue weighted by Crippen LogP contribution is -2.32. The molecule has 0 amide bonds. The third-order valence-electron chi connectivity index (χ3n) is 4.35. The second kappa shape index (κ2) is 8.12. The van der Waals surface area contributed by atoms with Crippen LogP contribution >= 0.6 is 0 Å². The molecule has 0 radical (unpaired) electrons. The molecule has 1 N–H and O–H groups in total. The Morgan fingerprint density at radius 3 is 2.33 bits per heavy atom. The maximum atomic E-state index is 11.5. The summed E-state index contributed by atoms with van der Waals surface area (Å²) in [6.45, 7) is 10.9. The molecule has 0 aliphatic rings. The summed E-state index contributed by atoms with van der Waals surface area (Å²) in [5.41, 5.74) is -0.803. The van der Waals surface area contributed by atoms with Crippen molar-refractivity contribution in [3.8, 4) is 0 Å². The zero-order valence-corrected chi connectivity index (χ0v) is 13.6. The number of rotatable bonds is 10. The second-order valence-corrected chi connectivity index (χ2v) is 5.35. The van der Waals surface area contributed by atoms with Crippen LogP contribution in [0.3, 0.4) is 0 Å². The van der Waals surface area contributed by atoms with Crippen LogP contribution in [-0.2, 0) is 17.6 Å². The van der Waals surface area contributed by atoms with Crippen LogP contribution in [0.2, 0.25) is 0 Å². The highest BCUT2D eigenvalue weighted by Crippen LogP contribution is 2.30. The van der Waals surface area contributed by atoms with E-state index in [0.717, 1.165) is 26.1 Å². The largest absolute Gasteiger partial charge is 0.481 e. The van der Waals surface area contributed by atoms with Gasteiger partial charge >= 0.3 is 5.97 Å². The zero-order valence-electron chi connectivity index (χ0n) is 13.6. The molecule has 1 rings (SSSR count). The van der Waals surface area contributed by atoms with Gasteiger partial charge in [-0.2, -0.15) is 4.98 Å². The summed E-state index contributed by atoms with van der Waals surface area (Å²) in [6, 6.07) is 0. The highest BCUT2D eigenvalue weighted by atomic mass is 16.5. The molecule has 0 bridgehead atoms. The molecular weight excluding hydrogens is 270 g/mol. The smallest absolute Gasteiger partial charge is 0.310 e. The van der Waals surface area contributed by atoms with E-state index in [1.807, 2.05) is 13.8 Å². The van der Waals surface area contributed by atoms with Crippen LogP contribution < -0.4 is 0 Å². The lowest BCUT2D eigenvalue weighted by atomic mass is 9.79. The Kier molecular flexibility index (Phi) is 6.81. The second-order valence-electron chi connectivity index (χ2n) is 5.35. The molecular formula is C15H27N3O3. The van der Waals surface area contributed by atoms with E-state index < -0.39 is 11.4 Å². The third kappa shape index (κ3) is 4.52. The Balaban J connectivity index is 2.68. The van der Waals surface area contributed by atoms with Crippen molar-refractivity contribution in [2.75, 3.05) is 19.6 Å². The van der Waals surface area contributed by atoms with Gasteiger partial charge in [-0.3, -0.25) is 4.79 Å². The minimum atomic E-state index is -0.803. The van der Waals surface area contributed by atoms with Crippen LogP contribution in [0, 0.1) is 5.41 Å². The molecule has 21 heavy (non-hydrogen) atoms. The highest BCUT2D eigenvalue weighted by Gasteiger charge is 2.37. The summed E-state index contributed by atoms with van der Waals surface area (Å²) in [5, 5.41) is 13.4. The van der Waals surface area contributed by atoms with Gasteiger partial charge in [0.15, 0.2) is 5.82 Å². The normalized spacial score (nSPS) is 12.0. The van der Waals surface area contributed by atoms with E-state index in [2.05, 4.69) is 28.9 Å². The summed E-state index contributed by atoms with van der Waals surface area (Å²) < 4.78 is 5.23. The van der Waals surface area contributed by atoms with Crippen LogP contribution in [-0.4, -0.2) is 45.8 Å². The molecule has 1 heterocycles. The molecule has 120 valence electrons. The number of aromatic nitrogens is 2. The predicted molar refractivity (Wildman–Crippen MR) is 80.1 cm³/mol. The first-order valence-corrected chi connectivity index (χ1v) is 7.78. The highest BCUT2D eigenvalue weighted by molar-refractivity contribution is 5.74. The lowest BCUT2D eigenvalue weighted by molar-refractivity contribution is -0.149. The molecule has 1 aromatic rings. The maximum Gasteiger partial charge on any atom is 0.310 e. The van der Waals surface area contributed by atoms with E-state index in [9.17, 15) is 9.90 Å². The fourth-order valence-electron chi connectivity index (χ4n) is 2.43. The summed E-state index contributed by atoms with van der Waals surface area (Å²) in [5.74, 6) is 0.287. The van der Waals surface area contributed by atoms with Gasteiger partial charge in [0.1, 0.15) is 0 Å². The molecule has 0 aliphatic heterocycles. The van der Waals surface area contributed by atoms with Gasteiger partial charge in [0.25, 0.3) is 0 Å². The van der Waals surface area contributed by atoms with Crippen molar-refractivity contribution in [1.29, 1.82) is 0 Å². The fourth-order valence-corrected chi connectivity index (χ4v) is 2.43. The van der Waals surface area contributed by atoms with Crippen molar-refractivity contribution >= 4 is 5.97 Å². The first kappa shape index (κ1) is 17.6. The van der Waals surface area contributed by atoms with Gasteiger partial charge in [0.2, 0.25) is 5.89 Å². The van der Waals surface area contributed by atoms with Gasteiger partial charge in [0, 0.05) is 19.4 Å². The summed E-state index contributed by atoms with van der Waals surface area (Å²) in [7, 11) is 0. The van der Waals surface area contributed by atoms with Crippen molar-refractivity contribution in [3.63, 3.8) is 0 Å². The number of likely N-dealkylation sites (N-methyl/N-ethyl adjacent to an activating group) is 1. The summed E-state index contributed by atoms with van der Waals surface area (Å²) in [6.07, 6.45) is 2.13. The van der Waals surface area contributed by atoms with Crippen molar-refractivity contribution in [2.45, 2.75) is 53.4 Å². The third-order valence-corrected chi connectivity index (χ3v) is 4.35. The minimum absolute atomic E-state index is 0.299. The molecule has 0 saturated heterocycles. The van der Waals surface area contributed by atoms with Gasteiger partial charge in [-0.05, 0) is 25.9 Å². The predicted octanol–water partition coefficient (Wildman–Crippen LogP) is 2.39. The van der Waals surface area contributed by atoms with Gasteiger partial charge in [0.05, 0.1) is 5.41 Å².